The molecule has 3 rings (SSSR count). The lowest BCUT2D eigenvalue weighted by molar-refractivity contribution is -0.139. The third kappa shape index (κ3) is 4.45. The van der Waals surface area contributed by atoms with Crippen molar-refractivity contribution >= 4 is 17.4 Å². The van der Waals surface area contributed by atoms with Crippen LogP contribution in [0.4, 0.5) is 5.69 Å². The van der Waals surface area contributed by atoms with Crippen molar-refractivity contribution < 1.29 is 14.3 Å². The Kier molecular flexibility index (Phi) is 5.97. The second-order valence-electron chi connectivity index (χ2n) is 6.59. The van der Waals surface area contributed by atoms with Gasteiger partial charge in [-0.3, -0.25) is 19.7 Å². The maximum absolute atomic E-state index is 13.2. The SMILES string of the molecule is COC(=O)Cc1[nH]n(-c2ccc(OC)cc2)c(=O)c1C(C)=Nc1ccc(C)cc1. The summed E-state index contributed by atoms with van der Waals surface area (Å²) >= 11 is 0. The van der Waals surface area contributed by atoms with Gasteiger partial charge in [-0.2, -0.15) is 0 Å². The number of nitrogens with zero attached hydrogens (tertiary/aromatic N) is 2. The van der Waals surface area contributed by atoms with Crippen LogP contribution in [0.3, 0.4) is 0 Å². The van der Waals surface area contributed by atoms with E-state index in [1.165, 1.54) is 11.8 Å². The molecule has 0 fully saturated rings. The molecule has 7 nitrogen and oxygen atoms in total. The summed E-state index contributed by atoms with van der Waals surface area (Å²) in [6.45, 7) is 3.75. The summed E-state index contributed by atoms with van der Waals surface area (Å²) in [6, 6.07) is 14.7. The number of benzene rings is 2. The molecule has 7 heteroatoms. The first-order valence-corrected chi connectivity index (χ1v) is 9.10. The minimum atomic E-state index is -0.447. The van der Waals surface area contributed by atoms with Gasteiger partial charge in [0.15, 0.2) is 0 Å². The van der Waals surface area contributed by atoms with Crippen molar-refractivity contribution in [2.75, 3.05) is 14.2 Å². The molecule has 3 aromatic rings. The van der Waals surface area contributed by atoms with Crippen LogP contribution in [0.2, 0.25) is 0 Å². The van der Waals surface area contributed by atoms with Crippen LogP contribution in [-0.2, 0) is 16.0 Å². The summed E-state index contributed by atoms with van der Waals surface area (Å²) in [7, 11) is 2.89. The van der Waals surface area contributed by atoms with E-state index in [0.29, 0.717) is 28.4 Å². The second kappa shape index (κ2) is 8.60. The van der Waals surface area contributed by atoms with Gasteiger partial charge in [-0.05, 0) is 50.2 Å². The van der Waals surface area contributed by atoms with Gasteiger partial charge >= 0.3 is 5.97 Å². The standard InChI is InChI=1S/C22H23N3O4/c1-14-5-7-16(8-6-14)23-15(2)21-19(13-20(26)29-4)24-25(22(21)27)17-9-11-18(28-3)12-10-17/h5-12,24H,13H2,1-4H3. The molecule has 0 aliphatic heterocycles. The monoisotopic (exact) mass is 393 g/mol. The maximum Gasteiger partial charge on any atom is 0.311 e. The fourth-order valence-corrected chi connectivity index (χ4v) is 2.98. The van der Waals surface area contributed by atoms with Gasteiger partial charge in [0.05, 0.1) is 49.0 Å². The van der Waals surface area contributed by atoms with Gasteiger partial charge in [-0.25, -0.2) is 4.68 Å². The van der Waals surface area contributed by atoms with Crippen molar-refractivity contribution in [2.24, 2.45) is 4.99 Å². The zero-order chi connectivity index (χ0) is 21.0. The van der Waals surface area contributed by atoms with Crippen molar-refractivity contribution in [3.8, 4) is 11.4 Å². The molecule has 0 unspecified atom stereocenters. The van der Waals surface area contributed by atoms with E-state index in [-0.39, 0.29) is 12.0 Å². The number of nitrogens with one attached hydrogen (secondary N) is 1. The van der Waals surface area contributed by atoms with E-state index >= 15 is 0 Å². The minimum Gasteiger partial charge on any atom is -0.497 e. The number of hydrogen-bond donors (Lipinski definition) is 1. The summed E-state index contributed by atoms with van der Waals surface area (Å²) in [5.74, 6) is 0.234. The van der Waals surface area contributed by atoms with Gasteiger partial charge in [-0.15, -0.1) is 0 Å². The second-order valence-corrected chi connectivity index (χ2v) is 6.59. The van der Waals surface area contributed by atoms with Crippen LogP contribution in [-0.4, -0.2) is 35.7 Å². The van der Waals surface area contributed by atoms with E-state index in [2.05, 4.69) is 10.1 Å². The summed E-state index contributed by atoms with van der Waals surface area (Å²) in [6.07, 6.45) is -0.0645. The molecule has 0 aliphatic carbocycles. The average Bonchev–Trinajstić information content (AvgIpc) is 3.05. The normalized spacial score (nSPS) is 11.4. The zero-order valence-corrected chi connectivity index (χ0v) is 16.9. The Morgan fingerprint density at radius 2 is 1.72 bits per heavy atom. The van der Waals surface area contributed by atoms with Gasteiger partial charge < -0.3 is 9.47 Å². The van der Waals surface area contributed by atoms with E-state index in [0.717, 1.165) is 11.3 Å². The van der Waals surface area contributed by atoms with Crippen molar-refractivity contribution in [3.63, 3.8) is 0 Å². The first-order chi connectivity index (χ1) is 13.9. The summed E-state index contributed by atoms with van der Waals surface area (Å²) in [5, 5.41) is 3.03. The molecule has 0 atom stereocenters. The molecule has 2 aromatic carbocycles. The fraction of sp³-hybridized carbons (Fsp3) is 0.227. The number of aromatic nitrogens is 2. The molecule has 0 spiro atoms. The Hall–Kier alpha value is -3.61. The van der Waals surface area contributed by atoms with E-state index < -0.39 is 5.97 Å². The lowest BCUT2D eigenvalue weighted by atomic mass is 10.1. The van der Waals surface area contributed by atoms with Gasteiger partial charge in [-0.1, -0.05) is 17.7 Å². The Balaban J connectivity index is 2.10. The summed E-state index contributed by atoms with van der Waals surface area (Å²) in [4.78, 5) is 29.6. The fourth-order valence-electron chi connectivity index (χ4n) is 2.98. The molecule has 0 saturated carbocycles. The van der Waals surface area contributed by atoms with Gasteiger partial charge in [0.1, 0.15) is 5.75 Å². The predicted octanol–water partition coefficient (Wildman–Crippen LogP) is 3.34. The topological polar surface area (TPSA) is 85.7 Å². The number of aliphatic imine (C=N–C) groups is 1. The number of aromatic amines is 1. The maximum atomic E-state index is 13.2. The Morgan fingerprint density at radius 1 is 1.07 bits per heavy atom. The number of rotatable bonds is 6. The van der Waals surface area contributed by atoms with E-state index in [1.807, 2.05) is 31.2 Å². The Labute approximate surface area is 168 Å². The number of hydrogen-bond acceptors (Lipinski definition) is 5. The molecule has 0 saturated heterocycles. The molecule has 0 bridgehead atoms. The zero-order valence-electron chi connectivity index (χ0n) is 16.9. The van der Waals surface area contributed by atoms with Crippen LogP contribution in [0.25, 0.3) is 5.69 Å². The van der Waals surface area contributed by atoms with Crippen LogP contribution < -0.4 is 10.3 Å². The first kappa shape index (κ1) is 20.1. The third-order valence-corrected chi connectivity index (χ3v) is 4.54. The molecule has 0 amide bonds. The Bertz CT molecular complexity index is 1090. The Morgan fingerprint density at radius 3 is 2.31 bits per heavy atom. The number of methoxy groups -OCH3 is 2. The van der Waals surface area contributed by atoms with Gasteiger partial charge in [0, 0.05) is 0 Å². The van der Waals surface area contributed by atoms with Crippen molar-refractivity contribution in [3.05, 3.63) is 75.7 Å². The molecular weight excluding hydrogens is 370 g/mol. The lowest BCUT2D eigenvalue weighted by Crippen LogP contribution is -2.20. The van der Waals surface area contributed by atoms with Crippen molar-refractivity contribution in [2.45, 2.75) is 20.3 Å². The highest BCUT2D eigenvalue weighted by atomic mass is 16.5. The van der Waals surface area contributed by atoms with E-state index in [9.17, 15) is 9.59 Å². The molecule has 1 N–H and O–H groups in total. The largest absolute Gasteiger partial charge is 0.497 e. The number of aryl methyl sites for hydroxylation is 1. The number of H-pyrrole nitrogens is 1. The summed E-state index contributed by atoms with van der Waals surface area (Å²) in [5.41, 5.74) is 3.50. The highest BCUT2D eigenvalue weighted by Crippen LogP contribution is 2.18. The highest BCUT2D eigenvalue weighted by Gasteiger charge is 2.20. The molecule has 29 heavy (non-hydrogen) atoms. The van der Waals surface area contributed by atoms with E-state index in [4.69, 9.17) is 9.47 Å². The molecule has 0 aliphatic rings. The number of carbonyl (C=O) groups is 1. The van der Waals surface area contributed by atoms with E-state index in [1.54, 1.807) is 38.3 Å². The average molecular weight is 393 g/mol. The van der Waals surface area contributed by atoms with Crippen LogP contribution in [0.5, 0.6) is 5.75 Å². The highest BCUT2D eigenvalue weighted by molar-refractivity contribution is 6.01. The number of ether oxygens (including phenoxy) is 2. The van der Waals surface area contributed by atoms with Crippen molar-refractivity contribution in [1.82, 2.24) is 9.78 Å². The third-order valence-electron chi connectivity index (χ3n) is 4.54. The molecule has 1 aromatic heterocycles. The number of esters is 1. The number of carbonyl (C=O) groups excluding carboxylic acids is 1. The smallest absolute Gasteiger partial charge is 0.311 e. The lowest BCUT2D eigenvalue weighted by Gasteiger charge is -2.03. The minimum absolute atomic E-state index is 0.0645. The van der Waals surface area contributed by atoms with Gasteiger partial charge in [0.25, 0.3) is 5.56 Å². The summed E-state index contributed by atoms with van der Waals surface area (Å²) < 4.78 is 11.3. The van der Waals surface area contributed by atoms with Crippen LogP contribution in [0.1, 0.15) is 23.7 Å². The van der Waals surface area contributed by atoms with Crippen LogP contribution in [0.15, 0.2) is 58.3 Å². The van der Waals surface area contributed by atoms with Crippen LogP contribution in [0, 0.1) is 6.92 Å². The predicted molar refractivity (Wildman–Crippen MR) is 112 cm³/mol. The molecular formula is C22H23N3O4. The molecule has 0 radical (unpaired) electrons. The van der Waals surface area contributed by atoms with Crippen molar-refractivity contribution in [1.29, 1.82) is 0 Å². The molecule has 1 heterocycles. The first-order valence-electron chi connectivity index (χ1n) is 9.10. The molecule has 150 valence electrons. The quantitative estimate of drug-likeness (QED) is 0.514. The van der Waals surface area contributed by atoms with Crippen LogP contribution >= 0.6 is 0 Å². The van der Waals surface area contributed by atoms with Gasteiger partial charge in [0.2, 0.25) is 0 Å².